The fourth-order valence-corrected chi connectivity index (χ4v) is 4.00. The maximum Gasteiger partial charge on any atom is 0.321 e. The highest BCUT2D eigenvalue weighted by molar-refractivity contribution is 5.89. The molecule has 2 aromatic carbocycles. The van der Waals surface area contributed by atoms with Crippen molar-refractivity contribution in [3.8, 4) is 0 Å². The Morgan fingerprint density at radius 3 is 2.41 bits per heavy atom. The zero-order valence-electron chi connectivity index (χ0n) is 18.7. The first-order chi connectivity index (χ1) is 15.4. The third-order valence-corrected chi connectivity index (χ3v) is 5.74. The molecule has 2 heterocycles. The summed E-state index contributed by atoms with van der Waals surface area (Å²) < 4.78 is 13.7. The molecule has 0 aliphatic carbocycles. The summed E-state index contributed by atoms with van der Waals surface area (Å²) >= 11 is 0. The average Bonchev–Trinajstić information content (AvgIpc) is 2.77. The van der Waals surface area contributed by atoms with Gasteiger partial charge in [-0.1, -0.05) is 29.8 Å². The molecular weight excluding hydrogens is 405 g/mol. The quantitative estimate of drug-likeness (QED) is 0.659. The Bertz CT molecular complexity index is 1110. The molecule has 6 nitrogen and oxygen atoms in total. The molecule has 1 aromatic heterocycles. The molecule has 3 aromatic rings. The summed E-state index contributed by atoms with van der Waals surface area (Å²) in [5.74, 6) is 1.33. The molecule has 1 aliphatic heterocycles. The summed E-state index contributed by atoms with van der Waals surface area (Å²) in [7, 11) is 0. The van der Waals surface area contributed by atoms with E-state index in [4.69, 9.17) is 4.98 Å². The normalized spacial score (nSPS) is 13.9. The van der Waals surface area contributed by atoms with Crippen LogP contribution in [0.25, 0.3) is 0 Å². The second kappa shape index (κ2) is 9.34. The van der Waals surface area contributed by atoms with Crippen molar-refractivity contribution in [2.45, 2.75) is 27.2 Å². The second-order valence-electron chi connectivity index (χ2n) is 8.24. The first-order valence-electron chi connectivity index (χ1n) is 10.8. The lowest BCUT2D eigenvalue weighted by Crippen LogP contribution is -2.50. The zero-order chi connectivity index (χ0) is 22.7. The number of aromatic nitrogens is 2. The van der Waals surface area contributed by atoms with Gasteiger partial charge in [-0.2, -0.15) is 0 Å². The van der Waals surface area contributed by atoms with E-state index in [1.54, 1.807) is 12.1 Å². The number of carbonyl (C=O) groups excluding carboxylic acids is 1. The van der Waals surface area contributed by atoms with Crippen LogP contribution in [-0.4, -0.2) is 47.1 Å². The molecule has 0 atom stereocenters. The highest BCUT2D eigenvalue weighted by Crippen LogP contribution is 2.25. The molecule has 0 unspecified atom stereocenters. The van der Waals surface area contributed by atoms with Crippen molar-refractivity contribution < 1.29 is 9.18 Å². The lowest BCUT2D eigenvalue weighted by atomic mass is 10.0. The Kier molecular flexibility index (Phi) is 6.35. The van der Waals surface area contributed by atoms with Crippen LogP contribution in [0.1, 0.15) is 28.2 Å². The minimum atomic E-state index is -0.247. The number of rotatable bonds is 4. The van der Waals surface area contributed by atoms with Crippen molar-refractivity contribution in [1.82, 2.24) is 14.9 Å². The monoisotopic (exact) mass is 433 g/mol. The SMILES string of the molecule is Cc1ccc(NC(=O)N2CCN(c3nc(C)nc(C)c3Cc3cccc(F)c3)CC2)cc1. The summed E-state index contributed by atoms with van der Waals surface area (Å²) in [5.41, 5.74) is 4.73. The van der Waals surface area contributed by atoms with E-state index in [1.165, 1.54) is 6.07 Å². The van der Waals surface area contributed by atoms with Crippen LogP contribution < -0.4 is 10.2 Å². The molecule has 1 N–H and O–H groups in total. The maximum absolute atomic E-state index is 13.7. The van der Waals surface area contributed by atoms with Gasteiger partial charge in [0.2, 0.25) is 0 Å². The third-order valence-electron chi connectivity index (χ3n) is 5.74. The minimum Gasteiger partial charge on any atom is -0.353 e. The van der Waals surface area contributed by atoms with Gasteiger partial charge in [-0.05, 0) is 50.6 Å². The summed E-state index contributed by atoms with van der Waals surface area (Å²) in [5, 5.41) is 2.97. The number of aryl methyl sites for hydroxylation is 3. The first-order valence-corrected chi connectivity index (χ1v) is 10.8. The number of nitrogens with one attached hydrogen (secondary N) is 1. The van der Waals surface area contributed by atoms with Crippen LogP contribution in [0.4, 0.5) is 20.7 Å². The van der Waals surface area contributed by atoms with Crippen LogP contribution in [-0.2, 0) is 6.42 Å². The molecule has 1 saturated heterocycles. The van der Waals surface area contributed by atoms with E-state index in [0.29, 0.717) is 38.4 Å². The van der Waals surface area contributed by atoms with E-state index in [0.717, 1.165) is 33.9 Å². The molecule has 0 radical (unpaired) electrons. The van der Waals surface area contributed by atoms with Gasteiger partial charge in [0.25, 0.3) is 0 Å². The predicted molar refractivity (Wildman–Crippen MR) is 125 cm³/mol. The topological polar surface area (TPSA) is 61.4 Å². The van der Waals surface area contributed by atoms with Gasteiger partial charge in [0, 0.05) is 49.5 Å². The first kappa shape index (κ1) is 21.7. The van der Waals surface area contributed by atoms with Crippen molar-refractivity contribution in [2.24, 2.45) is 0 Å². The van der Waals surface area contributed by atoms with E-state index in [2.05, 4.69) is 15.2 Å². The predicted octanol–water partition coefficient (Wildman–Crippen LogP) is 4.49. The molecule has 4 rings (SSSR count). The fourth-order valence-electron chi connectivity index (χ4n) is 4.00. The van der Waals surface area contributed by atoms with Crippen molar-refractivity contribution in [2.75, 3.05) is 36.4 Å². The Labute approximate surface area is 188 Å². The summed E-state index contributed by atoms with van der Waals surface area (Å²) in [6, 6.07) is 14.3. The number of urea groups is 1. The van der Waals surface area contributed by atoms with Crippen molar-refractivity contribution in [1.29, 1.82) is 0 Å². The molecule has 7 heteroatoms. The number of benzene rings is 2. The number of anilines is 2. The van der Waals surface area contributed by atoms with Gasteiger partial charge in [0.15, 0.2) is 0 Å². The number of halogens is 1. The average molecular weight is 434 g/mol. The van der Waals surface area contributed by atoms with Gasteiger partial charge in [0.1, 0.15) is 17.5 Å². The van der Waals surface area contributed by atoms with Crippen LogP contribution in [0.5, 0.6) is 0 Å². The molecule has 166 valence electrons. The standard InChI is InChI=1S/C25H28FN5O/c1-17-7-9-22(10-8-17)29-25(32)31-13-11-30(12-14-31)24-23(18(2)27-19(3)28-24)16-20-5-4-6-21(26)15-20/h4-10,15H,11-14,16H2,1-3H3,(H,29,32). The van der Waals surface area contributed by atoms with Crippen molar-refractivity contribution in [3.63, 3.8) is 0 Å². The third kappa shape index (κ3) is 5.04. The molecule has 1 aliphatic rings. The Morgan fingerprint density at radius 1 is 1.00 bits per heavy atom. The van der Waals surface area contributed by atoms with Gasteiger partial charge in [-0.25, -0.2) is 19.2 Å². The van der Waals surface area contributed by atoms with Crippen LogP contribution in [0.3, 0.4) is 0 Å². The molecule has 0 spiro atoms. The highest BCUT2D eigenvalue weighted by atomic mass is 19.1. The van der Waals surface area contributed by atoms with E-state index >= 15 is 0 Å². The van der Waals surface area contributed by atoms with E-state index < -0.39 is 0 Å². The Balaban J connectivity index is 1.47. The number of hydrogen-bond donors (Lipinski definition) is 1. The zero-order valence-corrected chi connectivity index (χ0v) is 18.7. The largest absolute Gasteiger partial charge is 0.353 e. The molecule has 32 heavy (non-hydrogen) atoms. The fraction of sp³-hybridized carbons (Fsp3) is 0.320. The highest BCUT2D eigenvalue weighted by Gasteiger charge is 2.25. The second-order valence-corrected chi connectivity index (χ2v) is 8.24. The van der Waals surface area contributed by atoms with Crippen LogP contribution in [0.15, 0.2) is 48.5 Å². The Hall–Kier alpha value is -3.48. The number of nitrogens with zero attached hydrogens (tertiary/aromatic N) is 4. The molecule has 2 amide bonds. The summed E-state index contributed by atoms with van der Waals surface area (Å²) in [6.45, 7) is 8.41. The molecule has 1 fully saturated rings. The van der Waals surface area contributed by atoms with E-state index in [1.807, 2.05) is 56.0 Å². The van der Waals surface area contributed by atoms with E-state index in [9.17, 15) is 9.18 Å². The van der Waals surface area contributed by atoms with Gasteiger partial charge in [-0.15, -0.1) is 0 Å². The lowest BCUT2D eigenvalue weighted by molar-refractivity contribution is 0.208. The van der Waals surface area contributed by atoms with Crippen molar-refractivity contribution >= 4 is 17.5 Å². The van der Waals surface area contributed by atoms with Crippen LogP contribution in [0.2, 0.25) is 0 Å². The van der Waals surface area contributed by atoms with Gasteiger partial charge >= 0.3 is 6.03 Å². The van der Waals surface area contributed by atoms with Crippen molar-refractivity contribution in [3.05, 3.63) is 82.6 Å². The summed E-state index contributed by atoms with van der Waals surface area (Å²) in [4.78, 5) is 26.0. The van der Waals surface area contributed by atoms with Gasteiger partial charge < -0.3 is 15.1 Å². The maximum atomic E-state index is 13.7. The summed E-state index contributed by atoms with van der Waals surface area (Å²) in [6.07, 6.45) is 0.563. The number of carbonyl (C=O) groups is 1. The lowest BCUT2D eigenvalue weighted by Gasteiger charge is -2.36. The Morgan fingerprint density at radius 2 is 1.72 bits per heavy atom. The van der Waals surface area contributed by atoms with Gasteiger partial charge in [-0.3, -0.25) is 0 Å². The number of piperazine rings is 1. The smallest absolute Gasteiger partial charge is 0.321 e. The van der Waals surface area contributed by atoms with Crippen LogP contribution in [0, 0.1) is 26.6 Å². The molecule has 0 bridgehead atoms. The minimum absolute atomic E-state index is 0.0939. The van der Waals surface area contributed by atoms with Crippen LogP contribution >= 0.6 is 0 Å². The van der Waals surface area contributed by atoms with E-state index in [-0.39, 0.29) is 11.8 Å². The number of hydrogen-bond acceptors (Lipinski definition) is 4. The molecular formula is C25H28FN5O. The molecule has 0 saturated carbocycles. The van der Waals surface area contributed by atoms with Gasteiger partial charge in [0.05, 0.1) is 0 Å². The number of amides is 2.